The number of aryl methyl sites for hydroxylation is 2. The average molecular weight is 310 g/mol. The number of ether oxygens (including phenoxy) is 1. The van der Waals surface area contributed by atoms with Gasteiger partial charge in [0.05, 0.1) is 17.6 Å². The minimum atomic E-state index is -0.349. The van der Waals surface area contributed by atoms with Crippen LogP contribution in [0.15, 0.2) is 47.5 Å². The number of carbonyl (C=O) groups is 1. The molecule has 0 amide bonds. The first-order valence-corrected chi connectivity index (χ1v) is 7.64. The Kier molecular flexibility index (Phi) is 5.52. The first-order valence-electron chi connectivity index (χ1n) is 7.64. The second kappa shape index (κ2) is 7.58. The Morgan fingerprint density at radius 1 is 1.17 bits per heavy atom. The maximum atomic E-state index is 12.3. The predicted molar refractivity (Wildman–Crippen MR) is 93.8 cm³/mol. The molecule has 0 unspecified atom stereocenters. The van der Waals surface area contributed by atoms with Crippen molar-refractivity contribution >= 4 is 18.0 Å². The van der Waals surface area contributed by atoms with Crippen LogP contribution in [-0.2, 0) is 0 Å². The molecule has 0 aliphatic heterocycles. The molecule has 2 aromatic rings. The highest BCUT2D eigenvalue weighted by Crippen LogP contribution is 2.24. The number of aliphatic imine (C=N–C) groups is 1. The summed E-state index contributed by atoms with van der Waals surface area (Å²) in [6, 6.07) is 12.8. The van der Waals surface area contributed by atoms with E-state index in [9.17, 15) is 4.79 Å². The molecule has 120 valence electrons. The smallest absolute Gasteiger partial charge is 0.343 e. The fourth-order valence-corrected chi connectivity index (χ4v) is 2.05. The summed E-state index contributed by atoms with van der Waals surface area (Å²) in [6.07, 6.45) is 1.80. The van der Waals surface area contributed by atoms with Crippen molar-refractivity contribution in [3.8, 4) is 5.75 Å². The largest absolute Gasteiger partial charge is 0.423 e. The summed E-state index contributed by atoms with van der Waals surface area (Å²) in [4.78, 5) is 18.8. The molecule has 0 heterocycles. The lowest BCUT2D eigenvalue weighted by molar-refractivity contribution is 0.0734. The van der Waals surface area contributed by atoms with Crippen molar-refractivity contribution in [1.82, 2.24) is 4.90 Å². The lowest BCUT2D eigenvalue weighted by atomic mass is 10.0. The number of esters is 1. The number of hydrogen-bond acceptors (Lipinski definition) is 3. The number of rotatable bonds is 5. The minimum Gasteiger partial charge on any atom is -0.423 e. The van der Waals surface area contributed by atoms with Gasteiger partial charge in [0.15, 0.2) is 0 Å². The number of nitrogens with zero attached hydrogens (tertiary/aromatic N) is 2. The molecule has 0 saturated heterocycles. The Morgan fingerprint density at radius 2 is 1.87 bits per heavy atom. The number of benzene rings is 2. The van der Waals surface area contributed by atoms with Crippen LogP contribution < -0.4 is 4.74 Å². The summed E-state index contributed by atoms with van der Waals surface area (Å²) >= 11 is 0. The molecule has 23 heavy (non-hydrogen) atoms. The Bertz CT molecular complexity index is 709. The zero-order valence-corrected chi connectivity index (χ0v) is 14.0. The van der Waals surface area contributed by atoms with E-state index in [0.29, 0.717) is 11.3 Å². The minimum absolute atomic E-state index is 0.349. The van der Waals surface area contributed by atoms with Crippen LogP contribution in [0.2, 0.25) is 0 Å². The zero-order chi connectivity index (χ0) is 16.8. The molecule has 0 fully saturated rings. The molecule has 0 aromatic heterocycles. The van der Waals surface area contributed by atoms with Crippen LogP contribution in [0.3, 0.4) is 0 Å². The highest BCUT2D eigenvalue weighted by atomic mass is 16.5. The SMILES string of the molecule is CCN(C)/C=N/c1cc(C)c(C(=O)Oc2ccccc2)cc1C. The van der Waals surface area contributed by atoms with Crippen molar-refractivity contribution in [2.45, 2.75) is 20.8 Å². The van der Waals surface area contributed by atoms with Crippen LogP contribution in [0.25, 0.3) is 0 Å². The van der Waals surface area contributed by atoms with E-state index in [2.05, 4.69) is 11.9 Å². The summed E-state index contributed by atoms with van der Waals surface area (Å²) in [6.45, 7) is 6.79. The van der Waals surface area contributed by atoms with Crippen molar-refractivity contribution < 1.29 is 9.53 Å². The summed E-state index contributed by atoms with van der Waals surface area (Å²) in [5.41, 5.74) is 3.22. The number of para-hydroxylation sites is 1. The van der Waals surface area contributed by atoms with Gasteiger partial charge in [-0.2, -0.15) is 0 Å². The molecule has 0 saturated carbocycles. The van der Waals surface area contributed by atoms with Gasteiger partial charge in [0.2, 0.25) is 0 Å². The monoisotopic (exact) mass is 310 g/mol. The standard InChI is InChI=1S/C19H22N2O2/c1-5-21(4)13-20-18-12-14(2)17(11-15(18)3)19(22)23-16-9-7-6-8-10-16/h6-13H,5H2,1-4H3/b20-13+. The Balaban J connectivity index is 2.22. The van der Waals surface area contributed by atoms with E-state index in [-0.39, 0.29) is 5.97 Å². The van der Waals surface area contributed by atoms with Crippen molar-refractivity contribution in [2.24, 2.45) is 4.99 Å². The second-order valence-electron chi connectivity index (χ2n) is 5.47. The van der Waals surface area contributed by atoms with Crippen molar-refractivity contribution in [1.29, 1.82) is 0 Å². The van der Waals surface area contributed by atoms with Gasteiger partial charge in [-0.05, 0) is 56.2 Å². The van der Waals surface area contributed by atoms with E-state index >= 15 is 0 Å². The van der Waals surface area contributed by atoms with Crippen LogP contribution in [0.1, 0.15) is 28.4 Å². The van der Waals surface area contributed by atoms with Crippen molar-refractivity contribution in [2.75, 3.05) is 13.6 Å². The fraction of sp³-hybridized carbons (Fsp3) is 0.263. The van der Waals surface area contributed by atoms with Crippen LogP contribution in [0.5, 0.6) is 5.75 Å². The van der Waals surface area contributed by atoms with Gasteiger partial charge in [-0.15, -0.1) is 0 Å². The van der Waals surface area contributed by atoms with E-state index in [4.69, 9.17) is 4.74 Å². The lowest BCUT2D eigenvalue weighted by Crippen LogP contribution is -2.14. The Labute approximate surface area is 137 Å². The van der Waals surface area contributed by atoms with Crippen molar-refractivity contribution in [3.05, 3.63) is 59.2 Å². The van der Waals surface area contributed by atoms with E-state index in [1.807, 2.05) is 56.1 Å². The fourth-order valence-electron chi connectivity index (χ4n) is 2.05. The number of carbonyl (C=O) groups excluding carboxylic acids is 1. The van der Waals surface area contributed by atoms with Gasteiger partial charge in [-0.1, -0.05) is 18.2 Å². The third kappa shape index (κ3) is 4.42. The normalized spacial score (nSPS) is 10.8. The average Bonchev–Trinajstić information content (AvgIpc) is 2.55. The lowest BCUT2D eigenvalue weighted by Gasteiger charge is -2.11. The summed E-state index contributed by atoms with van der Waals surface area (Å²) < 4.78 is 5.41. The third-order valence-corrected chi connectivity index (χ3v) is 3.61. The van der Waals surface area contributed by atoms with Gasteiger partial charge in [0, 0.05) is 13.6 Å². The molecule has 0 spiro atoms. The highest BCUT2D eigenvalue weighted by molar-refractivity contribution is 5.93. The molecule has 2 rings (SSSR count). The van der Waals surface area contributed by atoms with E-state index in [0.717, 1.165) is 23.4 Å². The van der Waals surface area contributed by atoms with E-state index in [1.165, 1.54) is 0 Å². The topological polar surface area (TPSA) is 41.9 Å². The van der Waals surface area contributed by atoms with Crippen LogP contribution in [0, 0.1) is 13.8 Å². The second-order valence-corrected chi connectivity index (χ2v) is 5.47. The first-order chi connectivity index (χ1) is 11.0. The van der Waals surface area contributed by atoms with Gasteiger partial charge < -0.3 is 9.64 Å². The molecule has 0 radical (unpaired) electrons. The molecule has 0 N–H and O–H groups in total. The van der Waals surface area contributed by atoms with E-state index in [1.54, 1.807) is 18.5 Å². The molecule has 0 atom stereocenters. The Morgan fingerprint density at radius 3 is 2.52 bits per heavy atom. The van der Waals surface area contributed by atoms with Crippen LogP contribution in [-0.4, -0.2) is 30.8 Å². The van der Waals surface area contributed by atoms with Gasteiger partial charge in [-0.3, -0.25) is 0 Å². The molecule has 0 aliphatic rings. The summed E-state index contributed by atoms with van der Waals surface area (Å²) in [5, 5.41) is 0. The van der Waals surface area contributed by atoms with Gasteiger partial charge in [0.25, 0.3) is 0 Å². The molecular weight excluding hydrogens is 288 g/mol. The highest BCUT2D eigenvalue weighted by Gasteiger charge is 2.13. The summed E-state index contributed by atoms with van der Waals surface area (Å²) in [7, 11) is 1.97. The molecule has 0 aliphatic carbocycles. The molecule has 2 aromatic carbocycles. The van der Waals surface area contributed by atoms with Gasteiger partial charge in [0.1, 0.15) is 5.75 Å². The zero-order valence-electron chi connectivity index (χ0n) is 14.0. The predicted octanol–water partition coefficient (Wildman–Crippen LogP) is 4.13. The maximum Gasteiger partial charge on any atom is 0.343 e. The van der Waals surface area contributed by atoms with Gasteiger partial charge >= 0.3 is 5.97 Å². The number of hydrogen-bond donors (Lipinski definition) is 0. The van der Waals surface area contributed by atoms with Crippen LogP contribution >= 0.6 is 0 Å². The molecular formula is C19H22N2O2. The molecule has 4 nitrogen and oxygen atoms in total. The first kappa shape index (κ1) is 16.7. The van der Waals surface area contributed by atoms with Crippen molar-refractivity contribution in [3.63, 3.8) is 0 Å². The Hall–Kier alpha value is -2.62. The van der Waals surface area contributed by atoms with Gasteiger partial charge in [-0.25, -0.2) is 9.79 Å². The quantitative estimate of drug-likeness (QED) is 0.361. The summed E-state index contributed by atoms with van der Waals surface area (Å²) in [5.74, 6) is 0.194. The third-order valence-electron chi connectivity index (χ3n) is 3.61. The van der Waals surface area contributed by atoms with Crippen LogP contribution in [0.4, 0.5) is 5.69 Å². The van der Waals surface area contributed by atoms with E-state index < -0.39 is 0 Å². The molecule has 4 heteroatoms. The maximum absolute atomic E-state index is 12.3. The molecule has 0 bridgehead atoms.